The van der Waals surface area contributed by atoms with E-state index in [1.165, 1.54) is 63.9 Å². The van der Waals surface area contributed by atoms with E-state index in [1.54, 1.807) is 6.07 Å². The third-order valence-corrected chi connectivity index (χ3v) is 4.27. The van der Waals surface area contributed by atoms with Gasteiger partial charge in [0, 0.05) is 11.0 Å². The smallest absolute Gasteiger partial charge is 0.147 e. The van der Waals surface area contributed by atoms with Gasteiger partial charge in [-0.2, -0.15) is 0 Å². The molecular formula is C18H29BrFN. The van der Waals surface area contributed by atoms with Gasteiger partial charge in [-0.25, -0.2) is 4.39 Å². The van der Waals surface area contributed by atoms with E-state index in [0.717, 1.165) is 17.4 Å². The molecule has 0 heterocycles. The fourth-order valence-corrected chi connectivity index (χ4v) is 2.80. The van der Waals surface area contributed by atoms with Crippen LogP contribution in [0.3, 0.4) is 0 Å². The highest BCUT2D eigenvalue weighted by Gasteiger charge is 2.01. The Labute approximate surface area is 137 Å². The average Bonchev–Trinajstić information content (AvgIpc) is 2.46. The Morgan fingerprint density at radius 1 is 0.905 bits per heavy atom. The first-order valence-corrected chi connectivity index (χ1v) is 9.22. The molecule has 0 amide bonds. The van der Waals surface area contributed by atoms with Crippen LogP contribution in [0.25, 0.3) is 0 Å². The number of hydrogen-bond acceptors (Lipinski definition) is 1. The van der Waals surface area contributed by atoms with Crippen LogP contribution < -0.4 is 5.32 Å². The second kappa shape index (κ2) is 12.0. The predicted octanol–water partition coefficient (Wildman–Crippen LogP) is 6.92. The van der Waals surface area contributed by atoms with Gasteiger partial charge < -0.3 is 5.32 Å². The normalized spacial score (nSPS) is 10.8. The van der Waals surface area contributed by atoms with Crippen molar-refractivity contribution >= 4 is 21.6 Å². The highest BCUT2D eigenvalue weighted by molar-refractivity contribution is 9.10. The van der Waals surface area contributed by atoms with E-state index in [1.807, 2.05) is 6.07 Å². The molecule has 0 aliphatic heterocycles. The second-order valence-corrected chi connectivity index (χ2v) is 6.65. The molecule has 0 spiro atoms. The zero-order valence-electron chi connectivity index (χ0n) is 13.3. The molecule has 1 nitrogen and oxygen atoms in total. The van der Waals surface area contributed by atoms with E-state index in [9.17, 15) is 4.39 Å². The van der Waals surface area contributed by atoms with Crippen molar-refractivity contribution in [3.8, 4) is 0 Å². The van der Waals surface area contributed by atoms with Crippen LogP contribution >= 0.6 is 15.9 Å². The van der Waals surface area contributed by atoms with Crippen LogP contribution in [-0.2, 0) is 0 Å². The van der Waals surface area contributed by atoms with Crippen LogP contribution in [0.5, 0.6) is 0 Å². The van der Waals surface area contributed by atoms with E-state index in [4.69, 9.17) is 0 Å². The topological polar surface area (TPSA) is 12.0 Å². The molecule has 0 unspecified atom stereocenters. The van der Waals surface area contributed by atoms with Gasteiger partial charge in [0.25, 0.3) is 0 Å². The molecule has 0 saturated carbocycles. The zero-order valence-corrected chi connectivity index (χ0v) is 14.9. The Kier molecular flexibility index (Phi) is 10.6. The number of halogens is 2. The summed E-state index contributed by atoms with van der Waals surface area (Å²) in [7, 11) is 0. The molecule has 0 fully saturated rings. The SMILES string of the molecule is CCCCCCCCCCCCNc1ccc(Br)cc1F. The largest absolute Gasteiger partial charge is 0.383 e. The second-order valence-electron chi connectivity index (χ2n) is 5.73. The minimum atomic E-state index is -0.184. The molecule has 0 radical (unpaired) electrons. The molecule has 0 saturated heterocycles. The van der Waals surface area contributed by atoms with Crippen LogP contribution in [0.2, 0.25) is 0 Å². The van der Waals surface area contributed by atoms with Gasteiger partial charge in [-0.05, 0) is 24.6 Å². The molecule has 0 aliphatic carbocycles. The van der Waals surface area contributed by atoms with Gasteiger partial charge in [0.15, 0.2) is 0 Å². The standard InChI is InChI=1S/C18H29BrFN/c1-2-3-4-5-6-7-8-9-10-11-14-21-18-13-12-16(19)15-17(18)20/h12-13,15,21H,2-11,14H2,1H3. The van der Waals surface area contributed by atoms with E-state index in [-0.39, 0.29) is 5.82 Å². The first kappa shape index (κ1) is 18.5. The van der Waals surface area contributed by atoms with Crippen molar-refractivity contribution < 1.29 is 4.39 Å². The van der Waals surface area contributed by atoms with E-state index >= 15 is 0 Å². The van der Waals surface area contributed by atoms with Crippen molar-refractivity contribution in [2.75, 3.05) is 11.9 Å². The van der Waals surface area contributed by atoms with E-state index in [0.29, 0.717) is 5.69 Å². The third kappa shape index (κ3) is 9.13. The number of benzene rings is 1. The van der Waals surface area contributed by atoms with Gasteiger partial charge in [0.2, 0.25) is 0 Å². The maximum absolute atomic E-state index is 13.6. The van der Waals surface area contributed by atoms with Crippen molar-refractivity contribution in [1.82, 2.24) is 0 Å². The van der Waals surface area contributed by atoms with Crippen LogP contribution in [-0.4, -0.2) is 6.54 Å². The van der Waals surface area contributed by atoms with E-state index < -0.39 is 0 Å². The van der Waals surface area contributed by atoms with Crippen molar-refractivity contribution in [2.24, 2.45) is 0 Å². The lowest BCUT2D eigenvalue weighted by atomic mass is 10.1. The van der Waals surface area contributed by atoms with Crippen molar-refractivity contribution in [3.05, 3.63) is 28.5 Å². The summed E-state index contributed by atoms with van der Waals surface area (Å²) in [4.78, 5) is 0. The van der Waals surface area contributed by atoms with Crippen molar-refractivity contribution in [1.29, 1.82) is 0 Å². The predicted molar refractivity (Wildman–Crippen MR) is 94.4 cm³/mol. The number of unbranched alkanes of at least 4 members (excludes halogenated alkanes) is 9. The molecule has 1 N–H and O–H groups in total. The van der Waals surface area contributed by atoms with Gasteiger partial charge >= 0.3 is 0 Å². The molecule has 1 rings (SSSR count). The minimum absolute atomic E-state index is 0.184. The van der Waals surface area contributed by atoms with Crippen molar-refractivity contribution in [2.45, 2.75) is 71.1 Å². The molecule has 0 bridgehead atoms. The molecule has 0 atom stereocenters. The number of rotatable bonds is 12. The highest BCUT2D eigenvalue weighted by atomic mass is 79.9. The lowest BCUT2D eigenvalue weighted by molar-refractivity contribution is 0.559. The summed E-state index contributed by atoms with van der Waals surface area (Å²) in [5, 5.41) is 3.17. The van der Waals surface area contributed by atoms with Crippen molar-refractivity contribution in [3.63, 3.8) is 0 Å². The van der Waals surface area contributed by atoms with Crippen LogP contribution in [0.1, 0.15) is 71.1 Å². The van der Waals surface area contributed by atoms with Gasteiger partial charge in [0.05, 0.1) is 5.69 Å². The van der Waals surface area contributed by atoms with E-state index in [2.05, 4.69) is 28.2 Å². The summed E-state index contributed by atoms with van der Waals surface area (Å²) in [6.07, 6.45) is 13.3. The quantitative estimate of drug-likeness (QED) is 0.400. The average molecular weight is 358 g/mol. The first-order chi connectivity index (χ1) is 10.2. The third-order valence-electron chi connectivity index (χ3n) is 3.78. The number of anilines is 1. The van der Waals surface area contributed by atoms with Gasteiger partial charge in [-0.1, -0.05) is 80.6 Å². The number of nitrogens with one attached hydrogen (secondary N) is 1. The molecule has 0 aromatic heterocycles. The zero-order chi connectivity index (χ0) is 15.3. The maximum atomic E-state index is 13.6. The minimum Gasteiger partial charge on any atom is -0.383 e. The van der Waals surface area contributed by atoms with Crippen LogP contribution in [0.15, 0.2) is 22.7 Å². The summed E-state index contributed by atoms with van der Waals surface area (Å²) in [6.45, 7) is 3.11. The fraction of sp³-hybridized carbons (Fsp3) is 0.667. The molecule has 0 aliphatic rings. The molecule has 1 aromatic carbocycles. The maximum Gasteiger partial charge on any atom is 0.147 e. The van der Waals surface area contributed by atoms with Gasteiger partial charge in [-0.3, -0.25) is 0 Å². The molecule has 3 heteroatoms. The Balaban J connectivity index is 1.93. The first-order valence-electron chi connectivity index (χ1n) is 8.43. The Morgan fingerprint density at radius 2 is 1.48 bits per heavy atom. The number of hydrogen-bond donors (Lipinski definition) is 1. The molecular weight excluding hydrogens is 329 g/mol. The summed E-state index contributed by atoms with van der Waals surface area (Å²) in [5.74, 6) is -0.184. The Bertz CT molecular complexity index is 381. The van der Waals surface area contributed by atoms with Gasteiger partial charge in [-0.15, -0.1) is 0 Å². The lowest BCUT2D eigenvalue weighted by Crippen LogP contribution is -2.03. The van der Waals surface area contributed by atoms with Crippen LogP contribution in [0.4, 0.5) is 10.1 Å². The fourth-order valence-electron chi connectivity index (χ4n) is 2.47. The molecule has 21 heavy (non-hydrogen) atoms. The Morgan fingerprint density at radius 3 is 2.05 bits per heavy atom. The Hall–Kier alpha value is -0.570. The molecule has 120 valence electrons. The summed E-state index contributed by atoms with van der Waals surface area (Å²) >= 11 is 3.27. The monoisotopic (exact) mass is 357 g/mol. The van der Waals surface area contributed by atoms with Gasteiger partial charge in [0.1, 0.15) is 5.82 Å². The highest BCUT2D eigenvalue weighted by Crippen LogP contribution is 2.19. The summed E-state index contributed by atoms with van der Waals surface area (Å²) in [5.41, 5.74) is 0.606. The van der Waals surface area contributed by atoms with Crippen LogP contribution in [0, 0.1) is 5.82 Å². The summed E-state index contributed by atoms with van der Waals surface area (Å²) in [6, 6.07) is 5.15. The molecule has 1 aromatic rings. The summed E-state index contributed by atoms with van der Waals surface area (Å²) < 4.78 is 14.3. The lowest BCUT2D eigenvalue weighted by Gasteiger charge is -2.07.